The number of nitrogens with zero attached hydrogens (tertiary/aromatic N) is 4. The lowest BCUT2D eigenvalue weighted by atomic mass is 10.3. The highest BCUT2D eigenvalue weighted by Gasteiger charge is 2.06. The van der Waals surface area contributed by atoms with Gasteiger partial charge in [-0.15, -0.1) is 10.2 Å². The summed E-state index contributed by atoms with van der Waals surface area (Å²) in [6.45, 7) is 4.74. The molecule has 0 unspecified atom stereocenters. The van der Waals surface area contributed by atoms with Crippen molar-refractivity contribution in [3.63, 3.8) is 0 Å². The van der Waals surface area contributed by atoms with Crippen LogP contribution in [0.3, 0.4) is 0 Å². The van der Waals surface area contributed by atoms with Gasteiger partial charge in [-0.1, -0.05) is 0 Å². The van der Waals surface area contributed by atoms with E-state index in [2.05, 4.69) is 31.2 Å². The molecule has 3 aromatic rings. The number of amides is 2. The van der Waals surface area contributed by atoms with Crippen molar-refractivity contribution in [1.82, 2.24) is 25.3 Å². The highest BCUT2D eigenvalue weighted by atomic mass is 19.1. The molecule has 27 heavy (non-hydrogen) atoms. The van der Waals surface area contributed by atoms with E-state index in [1.807, 2.05) is 26.0 Å². The number of aromatic nitrogens is 4. The predicted molar refractivity (Wildman–Crippen MR) is 101 cm³/mol. The van der Waals surface area contributed by atoms with Crippen molar-refractivity contribution < 1.29 is 9.18 Å². The molecule has 140 valence electrons. The minimum Gasteiger partial charge on any atom is -0.367 e. The lowest BCUT2D eigenvalue weighted by Crippen LogP contribution is -2.32. The standard InChI is InChI=1S/C18H20FN7O/c1-12-11-13(2)26(25-12)17-8-7-16(23-24-17)20-9-10-21-18(27)22-15-5-3-14(19)4-6-15/h3-8,11H,9-10H2,1-2H3,(H,20,23)(H2,21,22,27). The van der Waals surface area contributed by atoms with Gasteiger partial charge in [0.15, 0.2) is 5.82 Å². The molecule has 9 heteroatoms. The third kappa shape index (κ3) is 5.00. The third-order valence-corrected chi connectivity index (χ3v) is 3.70. The molecule has 1 aromatic carbocycles. The van der Waals surface area contributed by atoms with Crippen molar-refractivity contribution in [2.45, 2.75) is 13.8 Å². The Balaban J connectivity index is 1.43. The molecule has 0 aliphatic carbocycles. The topological polar surface area (TPSA) is 96.8 Å². The average Bonchev–Trinajstić information content (AvgIpc) is 2.99. The second-order valence-corrected chi connectivity index (χ2v) is 5.93. The molecule has 2 aromatic heterocycles. The number of rotatable bonds is 6. The van der Waals surface area contributed by atoms with E-state index in [0.717, 1.165) is 11.4 Å². The number of benzene rings is 1. The van der Waals surface area contributed by atoms with Gasteiger partial charge in [0.1, 0.15) is 11.6 Å². The van der Waals surface area contributed by atoms with Gasteiger partial charge in [-0.2, -0.15) is 5.10 Å². The number of anilines is 2. The number of carbonyl (C=O) groups is 1. The van der Waals surface area contributed by atoms with Crippen LogP contribution < -0.4 is 16.0 Å². The first kappa shape index (κ1) is 18.3. The zero-order valence-corrected chi connectivity index (χ0v) is 15.0. The molecular weight excluding hydrogens is 349 g/mol. The van der Waals surface area contributed by atoms with Crippen molar-refractivity contribution in [1.29, 1.82) is 0 Å². The summed E-state index contributed by atoms with van der Waals surface area (Å²) in [5.74, 6) is 0.888. The van der Waals surface area contributed by atoms with Crippen LogP contribution in [0.1, 0.15) is 11.4 Å². The molecule has 0 fully saturated rings. The van der Waals surface area contributed by atoms with Crippen LogP contribution in [0, 0.1) is 19.7 Å². The smallest absolute Gasteiger partial charge is 0.319 e. The van der Waals surface area contributed by atoms with E-state index in [1.165, 1.54) is 24.3 Å². The Morgan fingerprint density at radius 3 is 2.48 bits per heavy atom. The highest BCUT2D eigenvalue weighted by Crippen LogP contribution is 2.10. The van der Waals surface area contributed by atoms with Crippen LogP contribution in [0.2, 0.25) is 0 Å². The number of nitrogens with one attached hydrogen (secondary N) is 3. The van der Waals surface area contributed by atoms with Gasteiger partial charge >= 0.3 is 6.03 Å². The third-order valence-electron chi connectivity index (χ3n) is 3.70. The normalized spacial score (nSPS) is 10.5. The highest BCUT2D eigenvalue weighted by molar-refractivity contribution is 5.89. The number of carbonyl (C=O) groups excluding carboxylic acids is 1. The lowest BCUT2D eigenvalue weighted by Gasteiger charge is -2.09. The second-order valence-electron chi connectivity index (χ2n) is 5.93. The maximum Gasteiger partial charge on any atom is 0.319 e. The number of urea groups is 1. The van der Waals surface area contributed by atoms with E-state index in [0.29, 0.717) is 30.4 Å². The summed E-state index contributed by atoms with van der Waals surface area (Å²) >= 11 is 0. The van der Waals surface area contributed by atoms with Gasteiger partial charge in [0, 0.05) is 24.5 Å². The Morgan fingerprint density at radius 1 is 1.07 bits per heavy atom. The van der Waals surface area contributed by atoms with Gasteiger partial charge in [0.2, 0.25) is 0 Å². The summed E-state index contributed by atoms with van der Waals surface area (Å²) in [4.78, 5) is 11.8. The first-order chi connectivity index (χ1) is 13.0. The predicted octanol–water partition coefficient (Wildman–Crippen LogP) is 2.65. The zero-order valence-electron chi connectivity index (χ0n) is 15.0. The lowest BCUT2D eigenvalue weighted by molar-refractivity contribution is 0.252. The van der Waals surface area contributed by atoms with Gasteiger partial charge in [0.05, 0.1) is 5.69 Å². The fourth-order valence-corrected chi connectivity index (χ4v) is 2.47. The molecule has 3 rings (SSSR count). The number of hydrogen-bond donors (Lipinski definition) is 3. The van der Waals surface area contributed by atoms with Crippen molar-refractivity contribution in [3.05, 3.63) is 59.7 Å². The van der Waals surface area contributed by atoms with Crippen LogP contribution in [0.25, 0.3) is 5.82 Å². The molecule has 0 spiro atoms. The van der Waals surface area contributed by atoms with E-state index < -0.39 is 0 Å². The summed E-state index contributed by atoms with van der Waals surface area (Å²) in [6.07, 6.45) is 0. The Labute approximate surface area is 155 Å². The minimum absolute atomic E-state index is 0.352. The molecule has 0 saturated heterocycles. The largest absolute Gasteiger partial charge is 0.367 e. The molecule has 8 nitrogen and oxygen atoms in total. The van der Waals surface area contributed by atoms with Crippen LogP contribution in [0.5, 0.6) is 0 Å². The van der Waals surface area contributed by atoms with E-state index in [1.54, 1.807) is 10.7 Å². The van der Waals surface area contributed by atoms with Crippen molar-refractivity contribution >= 4 is 17.5 Å². The van der Waals surface area contributed by atoms with Gasteiger partial charge in [-0.05, 0) is 56.3 Å². The minimum atomic E-state index is -0.366. The molecule has 0 saturated carbocycles. The van der Waals surface area contributed by atoms with Crippen LogP contribution in [-0.2, 0) is 0 Å². The van der Waals surface area contributed by atoms with Crippen LogP contribution in [-0.4, -0.2) is 39.1 Å². The Kier molecular flexibility index (Phi) is 5.60. The van der Waals surface area contributed by atoms with E-state index >= 15 is 0 Å². The maximum absolute atomic E-state index is 12.8. The summed E-state index contributed by atoms with van der Waals surface area (Å²) < 4.78 is 14.6. The Hall–Kier alpha value is -3.49. The van der Waals surface area contributed by atoms with Crippen molar-refractivity contribution in [2.24, 2.45) is 0 Å². The number of aryl methyl sites for hydroxylation is 2. The van der Waals surface area contributed by atoms with E-state index in [4.69, 9.17) is 0 Å². The molecular formula is C18H20FN7O. The SMILES string of the molecule is Cc1cc(C)n(-c2ccc(NCCNC(=O)Nc3ccc(F)cc3)nn2)n1. The zero-order chi connectivity index (χ0) is 19.2. The van der Waals surface area contributed by atoms with Gasteiger partial charge in [0.25, 0.3) is 0 Å². The van der Waals surface area contributed by atoms with Crippen LogP contribution in [0.15, 0.2) is 42.5 Å². The fourth-order valence-electron chi connectivity index (χ4n) is 2.47. The summed E-state index contributed by atoms with van der Waals surface area (Å²) in [7, 11) is 0. The summed E-state index contributed by atoms with van der Waals surface area (Å²) in [5, 5.41) is 21.0. The summed E-state index contributed by atoms with van der Waals surface area (Å²) in [5.41, 5.74) is 2.42. The molecule has 0 aliphatic heterocycles. The van der Waals surface area contributed by atoms with Crippen molar-refractivity contribution in [3.8, 4) is 5.82 Å². The molecule has 0 bridgehead atoms. The molecule has 2 amide bonds. The molecule has 0 aliphatic rings. The first-order valence-corrected chi connectivity index (χ1v) is 8.43. The summed E-state index contributed by atoms with van der Waals surface area (Å²) in [6, 6.07) is 10.8. The van der Waals surface area contributed by atoms with Gasteiger partial charge < -0.3 is 16.0 Å². The average molecular weight is 369 g/mol. The molecule has 2 heterocycles. The number of halogens is 1. The monoisotopic (exact) mass is 369 g/mol. The maximum atomic E-state index is 12.8. The van der Waals surface area contributed by atoms with Gasteiger partial charge in [-0.25, -0.2) is 13.9 Å². The Bertz CT molecular complexity index is 906. The quantitative estimate of drug-likeness (QED) is 0.581. The van der Waals surface area contributed by atoms with Crippen LogP contribution in [0.4, 0.5) is 20.7 Å². The molecule has 3 N–H and O–H groups in total. The van der Waals surface area contributed by atoms with E-state index in [-0.39, 0.29) is 11.8 Å². The van der Waals surface area contributed by atoms with Crippen LogP contribution >= 0.6 is 0 Å². The van der Waals surface area contributed by atoms with Gasteiger partial charge in [-0.3, -0.25) is 0 Å². The molecule has 0 atom stereocenters. The molecule has 0 radical (unpaired) electrons. The second kappa shape index (κ2) is 8.26. The first-order valence-electron chi connectivity index (χ1n) is 8.43. The fraction of sp³-hybridized carbons (Fsp3) is 0.222. The Morgan fingerprint density at radius 2 is 1.85 bits per heavy atom. The van der Waals surface area contributed by atoms with Crippen molar-refractivity contribution in [2.75, 3.05) is 23.7 Å². The van der Waals surface area contributed by atoms with E-state index in [9.17, 15) is 9.18 Å². The number of hydrogen-bond acceptors (Lipinski definition) is 5.